The van der Waals surface area contributed by atoms with Crippen molar-refractivity contribution in [3.8, 4) is 0 Å². The Bertz CT molecular complexity index is 174. The topological polar surface area (TPSA) is 54.4 Å². The number of halogens is 3. The fraction of sp³-hybridized carbons (Fsp3) is 0.667. The van der Waals surface area contributed by atoms with Crippen LogP contribution >= 0.6 is 11.6 Å². The van der Waals surface area contributed by atoms with E-state index in [0.717, 1.165) is 0 Å². The molecule has 70 valence electrons. The first-order chi connectivity index (χ1) is 5.50. The second-order valence-electron chi connectivity index (χ2n) is 2.14. The van der Waals surface area contributed by atoms with Crippen LogP contribution in [0.5, 0.6) is 0 Å². The minimum Gasteiger partial charge on any atom is -0.480 e. The van der Waals surface area contributed by atoms with Crippen LogP contribution in [0.2, 0.25) is 0 Å². The highest BCUT2D eigenvalue weighted by molar-refractivity contribution is 6.29. The SMILES string of the molecule is O=CCC(C(F)F)C(Cl)C(=O)O. The molecule has 0 aliphatic carbocycles. The van der Waals surface area contributed by atoms with E-state index < -0.39 is 30.1 Å². The molecule has 0 rings (SSSR count). The van der Waals surface area contributed by atoms with Crippen molar-refractivity contribution in [2.24, 2.45) is 5.92 Å². The summed E-state index contributed by atoms with van der Waals surface area (Å²) in [4.78, 5) is 20.0. The van der Waals surface area contributed by atoms with Crippen molar-refractivity contribution in [1.29, 1.82) is 0 Å². The molecule has 2 atom stereocenters. The smallest absolute Gasteiger partial charge is 0.322 e. The Labute approximate surface area is 72.3 Å². The van der Waals surface area contributed by atoms with Crippen LogP contribution in [0.4, 0.5) is 8.78 Å². The zero-order valence-corrected chi connectivity index (χ0v) is 6.67. The molecule has 0 fully saturated rings. The summed E-state index contributed by atoms with van der Waals surface area (Å²) in [7, 11) is 0. The van der Waals surface area contributed by atoms with Crippen LogP contribution in [0, 0.1) is 5.92 Å². The Hall–Kier alpha value is -0.710. The van der Waals surface area contributed by atoms with Gasteiger partial charge in [0, 0.05) is 6.42 Å². The normalized spacial score (nSPS) is 15.7. The van der Waals surface area contributed by atoms with E-state index in [1.165, 1.54) is 0 Å². The van der Waals surface area contributed by atoms with Gasteiger partial charge in [0.25, 0.3) is 0 Å². The molecule has 6 heteroatoms. The quantitative estimate of drug-likeness (QED) is 0.535. The first-order valence-corrected chi connectivity index (χ1v) is 3.53. The Morgan fingerprint density at radius 1 is 1.58 bits per heavy atom. The summed E-state index contributed by atoms with van der Waals surface area (Å²) < 4.78 is 24.0. The number of carbonyl (C=O) groups excluding carboxylic acids is 1. The predicted molar refractivity (Wildman–Crippen MR) is 37.5 cm³/mol. The molecule has 0 bridgehead atoms. The Morgan fingerprint density at radius 2 is 2.08 bits per heavy atom. The van der Waals surface area contributed by atoms with Gasteiger partial charge in [0.1, 0.15) is 11.7 Å². The lowest BCUT2D eigenvalue weighted by Gasteiger charge is -2.14. The molecule has 3 nitrogen and oxygen atoms in total. The van der Waals surface area contributed by atoms with Gasteiger partial charge in [-0.15, -0.1) is 11.6 Å². The van der Waals surface area contributed by atoms with Crippen molar-refractivity contribution in [3.05, 3.63) is 0 Å². The van der Waals surface area contributed by atoms with E-state index >= 15 is 0 Å². The maximum Gasteiger partial charge on any atom is 0.322 e. The van der Waals surface area contributed by atoms with Crippen molar-refractivity contribution in [2.75, 3.05) is 0 Å². The molecular formula is C6H7ClF2O3. The molecule has 0 heterocycles. The monoisotopic (exact) mass is 200 g/mol. The average Bonchev–Trinajstić information content (AvgIpc) is 1.98. The second-order valence-corrected chi connectivity index (χ2v) is 2.61. The average molecular weight is 201 g/mol. The van der Waals surface area contributed by atoms with Gasteiger partial charge in [0.2, 0.25) is 6.43 Å². The van der Waals surface area contributed by atoms with Gasteiger partial charge < -0.3 is 9.90 Å². The minimum atomic E-state index is -2.89. The van der Waals surface area contributed by atoms with Crippen molar-refractivity contribution in [1.82, 2.24) is 0 Å². The molecule has 0 saturated carbocycles. The third-order valence-electron chi connectivity index (χ3n) is 1.30. The molecule has 2 unspecified atom stereocenters. The standard InChI is InChI=1S/C6H7ClF2O3/c7-4(6(11)12)3(1-2-10)5(8)9/h2-5H,1H2,(H,11,12). The molecule has 0 radical (unpaired) electrons. The van der Waals surface area contributed by atoms with Gasteiger partial charge in [-0.25, -0.2) is 8.78 Å². The molecule has 0 aliphatic heterocycles. The van der Waals surface area contributed by atoms with Crippen molar-refractivity contribution < 1.29 is 23.5 Å². The maximum atomic E-state index is 12.0. The third-order valence-corrected chi connectivity index (χ3v) is 1.81. The number of carboxylic acids is 1. The van der Waals surface area contributed by atoms with E-state index in [9.17, 15) is 18.4 Å². The predicted octanol–water partition coefficient (Wildman–Crippen LogP) is 1.15. The lowest BCUT2D eigenvalue weighted by Crippen LogP contribution is -2.29. The molecule has 0 saturated heterocycles. The van der Waals surface area contributed by atoms with Gasteiger partial charge in [-0.05, 0) is 0 Å². The fourth-order valence-corrected chi connectivity index (χ4v) is 0.857. The van der Waals surface area contributed by atoms with Crippen LogP contribution in [0.15, 0.2) is 0 Å². The lowest BCUT2D eigenvalue weighted by molar-refractivity contribution is -0.139. The summed E-state index contributed by atoms with van der Waals surface area (Å²) in [6, 6.07) is 0. The third kappa shape index (κ3) is 3.13. The molecule has 0 aromatic carbocycles. The van der Waals surface area contributed by atoms with Gasteiger partial charge in [-0.2, -0.15) is 0 Å². The van der Waals surface area contributed by atoms with E-state index in [1.807, 2.05) is 0 Å². The summed E-state index contributed by atoms with van der Waals surface area (Å²) in [6.45, 7) is 0. The summed E-state index contributed by atoms with van der Waals surface area (Å²) in [5.74, 6) is -3.15. The van der Waals surface area contributed by atoms with E-state index in [0.29, 0.717) is 0 Å². The second kappa shape index (κ2) is 5.03. The van der Waals surface area contributed by atoms with Crippen LogP contribution in [0.1, 0.15) is 6.42 Å². The molecule has 0 spiro atoms. The van der Waals surface area contributed by atoms with E-state index in [1.54, 1.807) is 0 Å². The highest BCUT2D eigenvalue weighted by Gasteiger charge is 2.32. The van der Waals surface area contributed by atoms with Crippen LogP contribution in [-0.4, -0.2) is 29.2 Å². The molecule has 0 aliphatic rings. The number of carbonyl (C=O) groups is 2. The molecule has 1 N–H and O–H groups in total. The Balaban J connectivity index is 4.27. The van der Waals surface area contributed by atoms with Crippen molar-refractivity contribution in [2.45, 2.75) is 18.2 Å². The van der Waals surface area contributed by atoms with Gasteiger partial charge in [0.05, 0.1) is 5.92 Å². The van der Waals surface area contributed by atoms with Crippen molar-refractivity contribution in [3.63, 3.8) is 0 Å². The van der Waals surface area contributed by atoms with E-state index in [2.05, 4.69) is 0 Å². The number of hydrogen-bond acceptors (Lipinski definition) is 2. The Kier molecular flexibility index (Phi) is 4.73. The number of aliphatic carboxylic acids is 1. The molecular weight excluding hydrogens is 194 g/mol. The van der Waals surface area contributed by atoms with Gasteiger partial charge in [-0.3, -0.25) is 4.79 Å². The zero-order valence-electron chi connectivity index (χ0n) is 5.91. The first-order valence-electron chi connectivity index (χ1n) is 3.09. The molecule has 12 heavy (non-hydrogen) atoms. The molecule has 0 aromatic heterocycles. The van der Waals surface area contributed by atoms with E-state index in [4.69, 9.17) is 16.7 Å². The number of rotatable bonds is 5. The first kappa shape index (κ1) is 11.3. The van der Waals surface area contributed by atoms with Crippen LogP contribution in [0.25, 0.3) is 0 Å². The van der Waals surface area contributed by atoms with Crippen molar-refractivity contribution >= 4 is 23.9 Å². The largest absolute Gasteiger partial charge is 0.480 e. The van der Waals surface area contributed by atoms with Gasteiger partial charge in [0.15, 0.2) is 0 Å². The highest BCUT2D eigenvalue weighted by Crippen LogP contribution is 2.21. The maximum absolute atomic E-state index is 12.0. The number of hydrogen-bond donors (Lipinski definition) is 1. The lowest BCUT2D eigenvalue weighted by atomic mass is 10.0. The van der Waals surface area contributed by atoms with Crippen LogP contribution in [0.3, 0.4) is 0 Å². The fourth-order valence-electron chi connectivity index (χ4n) is 0.644. The van der Waals surface area contributed by atoms with Crippen LogP contribution in [-0.2, 0) is 9.59 Å². The number of carboxylic acid groups (broad SMARTS) is 1. The number of alkyl halides is 3. The summed E-state index contributed by atoms with van der Waals surface area (Å²) in [6.07, 6.45) is -3.21. The van der Waals surface area contributed by atoms with Crippen LogP contribution < -0.4 is 0 Å². The minimum absolute atomic E-state index is 0.231. The summed E-state index contributed by atoms with van der Waals surface area (Å²) in [5.41, 5.74) is 0. The Morgan fingerprint density at radius 3 is 2.33 bits per heavy atom. The number of aldehydes is 1. The van der Waals surface area contributed by atoms with E-state index in [-0.39, 0.29) is 6.29 Å². The molecule has 0 aromatic rings. The summed E-state index contributed by atoms with van der Waals surface area (Å²) >= 11 is 5.12. The van der Waals surface area contributed by atoms with Gasteiger partial charge in [-0.1, -0.05) is 0 Å². The highest BCUT2D eigenvalue weighted by atomic mass is 35.5. The molecule has 0 amide bonds. The summed E-state index contributed by atoms with van der Waals surface area (Å²) in [5, 5.41) is 6.53. The zero-order chi connectivity index (χ0) is 9.72. The van der Waals surface area contributed by atoms with Gasteiger partial charge >= 0.3 is 5.97 Å².